The van der Waals surface area contributed by atoms with Gasteiger partial charge >= 0.3 is 5.97 Å². The first-order valence-electron chi connectivity index (χ1n) is 7.79. The van der Waals surface area contributed by atoms with Crippen LogP contribution < -0.4 is 4.74 Å². The SMILES string of the molecule is Cn1nnc(-c2ccc(O[C@H]3CCC[C@H](C(=O)O)C3)cn2)c1C=O. The van der Waals surface area contributed by atoms with E-state index in [1.54, 1.807) is 25.4 Å². The van der Waals surface area contributed by atoms with Gasteiger partial charge in [0.25, 0.3) is 0 Å². The summed E-state index contributed by atoms with van der Waals surface area (Å²) in [6, 6.07) is 3.46. The van der Waals surface area contributed by atoms with Gasteiger partial charge in [-0.25, -0.2) is 4.68 Å². The molecule has 2 aromatic heterocycles. The van der Waals surface area contributed by atoms with Crippen molar-refractivity contribution in [2.45, 2.75) is 31.8 Å². The number of hydrogen-bond acceptors (Lipinski definition) is 6. The van der Waals surface area contributed by atoms with Crippen molar-refractivity contribution < 1.29 is 19.4 Å². The van der Waals surface area contributed by atoms with Gasteiger partial charge < -0.3 is 9.84 Å². The van der Waals surface area contributed by atoms with E-state index < -0.39 is 5.97 Å². The summed E-state index contributed by atoms with van der Waals surface area (Å²) < 4.78 is 7.24. The number of hydrogen-bond donors (Lipinski definition) is 1. The van der Waals surface area contributed by atoms with Gasteiger partial charge in [0, 0.05) is 7.05 Å². The van der Waals surface area contributed by atoms with Crippen LogP contribution >= 0.6 is 0 Å². The second-order valence-electron chi connectivity index (χ2n) is 5.89. The maximum atomic E-state index is 11.1. The maximum absolute atomic E-state index is 11.1. The third kappa shape index (κ3) is 3.27. The molecule has 2 aromatic rings. The molecular formula is C16H18N4O4. The Labute approximate surface area is 138 Å². The zero-order chi connectivity index (χ0) is 17.1. The van der Waals surface area contributed by atoms with E-state index in [1.807, 2.05) is 0 Å². The van der Waals surface area contributed by atoms with Crippen molar-refractivity contribution in [2.24, 2.45) is 13.0 Å². The van der Waals surface area contributed by atoms with Crippen molar-refractivity contribution in [3.63, 3.8) is 0 Å². The number of aliphatic carboxylic acids is 1. The number of carboxylic acid groups (broad SMARTS) is 1. The van der Waals surface area contributed by atoms with Crippen molar-refractivity contribution in [1.82, 2.24) is 20.0 Å². The highest BCUT2D eigenvalue weighted by Crippen LogP contribution is 2.28. The molecule has 24 heavy (non-hydrogen) atoms. The summed E-state index contributed by atoms with van der Waals surface area (Å²) in [6.45, 7) is 0. The van der Waals surface area contributed by atoms with Gasteiger partial charge in [0.1, 0.15) is 17.1 Å². The topological polar surface area (TPSA) is 107 Å². The summed E-state index contributed by atoms with van der Waals surface area (Å²) in [5.74, 6) is -0.530. The van der Waals surface area contributed by atoms with Crippen LogP contribution in [0.2, 0.25) is 0 Å². The number of aromatic nitrogens is 4. The lowest BCUT2D eigenvalue weighted by Crippen LogP contribution is -2.29. The number of carbonyl (C=O) groups excluding carboxylic acids is 1. The Morgan fingerprint density at radius 3 is 2.92 bits per heavy atom. The van der Waals surface area contributed by atoms with Gasteiger partial charge in [0.15, 0.2) is 6.29 Å². The Bertz CT molecular complexity index is 741. The fourth-order valence-corrected chi connectivity index (χ4v) is 2.94. The molecule has 0 unspecified atom stereocenters. The molecule has 0 radical (unpaired) electrons. The standard InChI is InChI=1S/C16H18N4O4/c1-20-14(9-21)15(18-19-20)13-6-5-12(8-17-13)24-11-4-2-3-10(7-11)16(22)23/h5-6,8-11H,2-4,7H2,1H3,(H,22,23)/t10-,11-/m0/s1. The average Bonchev–Trinajstić information content (AvgIpc) is 2.96. The van der Waals surface area contributed by atoms with Crippen LogP contribution in [0.1, 0.15) is 36.2 Å². The maximum Gasteiger partial charge on any atom is 0.306 e. The van der Waals surface area contributed by atoms with E-state index in [1.165, 1.54) is 4.68 Å². The fraction of sp³-hybridized carbons (Fsp3) is 0.438. The highest BCUT2D eigenvalue weighted by atomic mass is 16.5. The molecule has 2 atom stereocenters. The monoisotopic (exact) mass is 330 g/mol. The molecule has 1 fully saturated rings. The molecule has 0 bridgehead atoms. The summed E-state index contributed by atoms with van der Waals surface area (Å²) in [4.78, 5) is 26.5. The number of rotatable bonds is 5. The van der Waals surface area contributed by atoms with Crippen LogP contribution in [0, 0.1) is 5.92 Å². The molecule has 0 amide bonds. The number of carbonyl (C=O) groups is 2. The average molecular weight is 330 g/mol. The van der Waals surface area contributed by atoms with E-state index >= 15 is 0 Å². The Hall–Kier alpha value is -2.77. The zero-order valence-corrected chi connectivity index (χ0v) is 13.3. The van der Waals surface area contributed by atoms with E-state index in [4.69, 9.17) is 9.84 Å². The zero-order valence-electron chi connectivity index (χ0n) is 13.3. The third-order valence-corrected chi connectivity index (χ3v) is 4.24. The highest BCUT2D eigenvalue weighted by Gasteiger charge is 2.28. The number of pyridine rings is 1. The van der Waals surface area contributed by atoms with Crippen molar-refractivity contribution in [3.05, 3.63) is 24.0 Å². The molecule has 8 nitrogen and oxygen atoms in total. The lowest BCUT2D eigenvalue weighted by Gasteiger charge is -2.27. The number of carboxylic acids is 1. The van der Waals surface area contributed by atoms with Crippen LogP contribution in [0.15, 0.2) is 18.3 Å². The molecule has 8 heteroatoms. The smallest absolute Gasteiger partial charge is 0.306 e. The van der Waals surface area contributed by atoms with Gasteiger partial charge in [-0.15, -0.1) is 5.10 Å². The second-order valence-corrected chi connectivity index (χ2v) is 5.89. The summed E-state index contributed by atoms with van der Waals surface area (Å²) in [5.41, 5.74) is 1.31. The summed E-state index contributed by atoms with van der Waals surface area (Å²) in [7, 11) is 1.64. The van der Waals surface area contributed by atoms with Crippen molar-refractivity contribution in [1.29, 1.82) is 0 Å². The van der Waals surface area contributed by atoms with Crippen LogP contribution in [-0.4, -0.2) is 43.4 Å². The van der Waals surface area contributed by atoms with E-state index in [9.17, 15) is 9.59 Å². The van der Waals surface area contributed by atoms with E-state index in [2.05, 4.69) is 15.3 Å². The number of nitrogens with zero attached hydrogens (tertiary/aromatic N) is 4. The molecule has 0 spiro atoms. The minimum Gasteiger partial charge on any atom is -0.489 e. The number of ether oxygens (including phenoxy) is 1. The summed E-state index contributed by atoms with van der Waals surface area (Å²) in [5, 5.41) is 16.9. The van der Waals surface area contributed by atoms with Crippen molar-refractivity contribution >= 4 is 12.3 Å². The van der Waals surface area contributed by atoms with Crippen molar-refractivity contribution in [2.75, 3.05) is 0 Å². The van der Waals surface area contributed by atoms with Gasteiger partial charge in [-0.05, 0) is 37.8 Å². The Morgan fingerprint density at radius 2 is 2.25 bits per heavy atom. The third-order valence-electron chi connectivity index (χ3n) is 4.24. The quantitative estimate of drug-likeness (QED) is 0.831. The predicted molar refractivity (Wildman–Crippen MR) is 83.6 cm³/mol. The largest absolute Gasteiger partial charge is 0.489 e. The minimum atomic E-state index is -0.763. The number of aryl methyl sites for hydroxylation is 1. The van der Waals surface area contributed by atoms with Gasteiger partial charge in [0.2, 0.25) is 0 Å². The molecule has 1 aliphatic rings. The van der Waals surface area contributed by atoms with E-state index in [0.717, 1.165) is 12.8 Å². The summed E-state index contributed by atoms with van der Waals surface area (Å²) in [6.07, 6.45) is 5.03. The van der Waals surface area contributed by atoms with Crippen LogP contribution in [0.5, 0.6) is 5.75 Å². The molecule has 1 N–H and O–H groups in total. The minimum absolute atomic E-state index is 0.116. The van der Waals surface area contributed by atoms with Crippen LogP contribution in [0.4, 0.5) is 0 Å². The Kier molecular flexibility index (Phi) is 4.54. The van der Waals surface area contributed by atoms with Crippen molar-refractivity contribution in [3.8, 4) is 17.1 Å². The second kappa shape index (κ2) is 6.77. The summed E-state index contributed by atoms with van der Waals surface area (Å²) >= 11 is 0. The van der Waals surface area contributed by atoms with E-state index in [-0.39, 0.29) is 12.0 Å². The lowest BCUT2D eigenvalue weighted by molar-refractivity contribution is -0.143. The van der Waals surface area contributed by atoms with Gasteiger partial charge in [-0.2, -0.15) is 0 Å². The van der Waals surface area contributed by atoms with Gasteiger partial charge in [-0.3, -0.25) is 14.6 Å². The first-order valence-corrected chi connectivity index (χ1v) is 7.79. The normalized spacial score (nSPS) is 20.5. The molecular weight excluding hydrogens is 312 g/mol. The first-order chi connectivity index (χ1) is 11.6. The highest BCUT2D eigenvalue weighted by molar-refractivity contribution is 5.82. The Balaban J connectivity index is 1.70. The first kappa shape index (κ1) is 16.1. The lowest BCUT2D eigenvalue weighted by atomic mass is 9.87. The molecule has 1 aliphatic carbocycles. The van der Waals surface area contributed by atoms with E-state index in [0.29, 0.717) is 42.0 Å². The van der Waals surface area contributed by atoms with Gasteiger partial charge in [0.05, 0.1) is 23.9 Å². The van der Waals surface area contributed by atoms with Crippen LogP contribution in [-0.2, 0) is 11.8 Å². The van der Waals surface area contributed by atoms with Gasteiger partial charge in [-0.1, -0.05) is 5.21 Å². The predicted octanol–water partition coefficient (Wildman–Crippen LogP) is 1.71. The van der Waals surface area contributed by atoms with Crippen LogP contribution in [0.25, 0.3) is 11.4 Å². The molecule has 0 aromatic carbocycles. The number of aldehydes is 1. The Morgan fingerprint density at radius 1 is 1.42 bits per heavy atom. The fourth-order valence-electron chi connectivity index (χ4n) is 2.94. The molecule has 1 saturated carbocycles. The molecule has 0 saturated heterocycles. The molecule has 2 heterocycles. The molecule has 126 valence electrons. The van der Waals surface area contributed by atoms with Crippen LogP contribution in [0.3, 0.4) is 0 Å². The molecule has 3 rings (SSSR count). The molecule has 0 aliphatic heterocycles.